The molecule has 0 aromatic rings. The van der Waals surface area contributed by atoms with E-state index in [0.717, 1.165) is 18.8 Å². The van der Waals surface area contributed by atoms with Crippen LogP contribution in [0.5, 0.6) is 0 Å². The smallest absolute Gasteiger partial charge is 0.264 e. The van der Waals surface area contributed by atoms with E-state index in [1.54, 1.807) is 27.7 Å². The van der Waals surface area contributed by atoms with E-state index < -0.39 is 34.7 Å². The average molecular weight is 527 g/mol. The number of aliphatic hydroxyl groups excluding tert-OH is 2. The first-order valence-electron chi connectivity index (χ1n) is 7.34. The van der Waals surface area contributed by atoms with Gasteiger partial charge in [-0.3, -0.25) is 8.37 Å². The van der Waals surface area contributed by atoms with E-state index in [9.17, 15) is 25.3 Å². The lowest BCUT2D eigenvalue weighted by Crippen LogP contribution is -2.28. The zero-order valence-corrected chi connectivity index (χ0v) is 19.8. The molecule has 2 N–H and O–H groups in total. The minimum Gasteiger partial charge on any atom is -0.396 e. The molecule has 0 rings (SSSR count). The summed E-state index contributed by atoms with van der Waals surface area (Å²) in [5, 5.41) is 16.9. The quantitative estimate of drug-likeness (QED) is 0.353. The van der Waals surface area contributed by atoms with Crippen molar-refractivity contribution >= 4 is 40.0 Å². The number of hydrogen-bond acceptors (Lipinski definition) is 10. The van der Waals surface area contributed by atoms with Gasteiger partial charge >= 0.3 is 0 Å². The van der Waals surface area contributed by atoms with E-state index in [1.165, 1.54) is 0 Å². The Bertz CT molecular complexity index is 660. The third-order valence-corrected chi connectivity index (χ3v) is 3.28. The van der Waals surface area contributed by atoms with Gasteiger partial charge in [-0.05, 0) is 0 Å². The number of hydrogen-bond donors (Lipinski definition) is 2. The average Bonchev–Trinajstić information content (AvgIpc) is 2.41. The largest absolute Gasteiger partial charge is 0.396 e. The fourth-order valence-corrected chi connectivity index (χ4v) is 1.69. The highest BCUT2D eigenvalue weighted by Gasteiger charge is 2.23. The Morgan fingerprint density at radius 1 is 0.667 bits per heavy atom. The molecule has 0 atom stereocenters. The standard InChI is InChI=1S/C7H16O6S2.C5H12O2.CH3ClO2S.3CH4/c1-7(2,5-12-14(3,8)9)6-13-15(4,10)11;1-5(2,3-6)4-7;1-5(2,3)4;;;/h5-6H2,1-4H3;6-7H,3-4H2,1-2H3;1H3;3*1H4. The minimum absolute atomic E-state index is 0. The first-order chi connectivity index (χ1) is 11.5. The highest BCUT2D eigenvalue weighted by atomic mass is 35.7. The summed E-state index contributed by atoms with van der Waals surface area (Å²) in [6.07, 6.45) is 2.79. The van der Waals surface area contributed by atoms with Crippen LogP contribution in [0, 0.1) is 10.8 Å². The van der Waals surface area contributed by atoms with Crippen molar-refractivity contribution in [3.63, 3.8) is 0 Å². The van der Waals surface area contributed by atoms with Crippen molar-refractivity contribution in [2.24, 2.45) is 10.8 Å². The summed E-state index contributed by atoms with van der Waals surface area (Å²) in [4.78, 5) is 0. The Balaban J connectivity index is -0.0000000813. The Labute approximate surface area is 189 Å². The number of aliphatic hydroxyl groups is 2. The Kier molecular flexibility index (Phi) is 25.6. The van der Waals surface area contributed by atoms with E-state index in [2.05, 4.69) is 19.0 Å². The summed E-state index contributed by atoms with van der Waals surface area (Å²) in [7, 11) is -5.72. The summed E-state index contributed by atoms with van der Waals surface area (Å²) in [5.41, 5.74) is -0.994. The first kappa shape index (κ1) is 43.8. The Hall–Kier alpha value is -0.0200. The van der Waals surface area contributed by atoms with Crippen molar-refractivity contribution in [1.82, 2.24) is 0 Å². The normalized spacial score (nSPS) is 11.8. The van der Waals surface area contributed by atoms with Crippen LogP contribution < -0.4 is 0 Å². The van der Waals surface area contributed by atoms with Crippen LogP contribution in [0.1, 0.15) is 50.0 Å². The lowest BCUT2D eigenvalue weighted by molar-refractivity contribution is 0.0857. The molecule has 30 heavy (non-hydrogen) atoms. The van der Waals surface area contributed by atoms with Gasteiger partial charge in [0.25, 0.3) is 20.2 Å². The zero-order chi connectivity index (χ0) is 22.7. The maximum atomic E-state index is 10.7. The summed E-state index contributed by atoms with van der Waals surface area (Å²) in [6, 6.07) is 0. The predicted octanol–water partition coefficient (Wildman–Crippen LogP) is 2.06. The van der Waals surface area contributed by atoms with E-state index in [0.29, 0.717) is 0 Å². The monoisotopic (exact) mass is 526 g/mol. The van der Waals surface area contributed by atoms with Gasteiger partial charge in [0, 0.05) is 21.5 Å². The van der Waals surface area contributed by atoms with Crippen LogP contribution in [-0.4, -0.2) is 80.7 Å². The molecule has 0 unspecified atom stereocenters. The summed E-state index contributed by atoms with van der Waals surface area (Å²) >= 11 is 0. The van der Waals surface area contributed by atoms with Crippen molar-refractivity contribution < 1.29 is 43.8 Å². The lowest BCUT2D eigenvalue weighted by atomic mass is 9.97. The maximum Gasteiger partial charge on any atom is 0.264 e. The molecule has 14 heteroatoms. The molecule has 192 valence electrons. The molecule has 0 saturated carbocycles. The number of halogens is 1. The second-order valence-corrected chi connectivity index (χ2v) is 13.6. The van der Waals surface area contributed by atoms with Gasteiger partial charge in [0.15, 0.2) is 0 Å². The SMILES string of the molecule is C.C.C.CC(C)(CO)CO.CC(C)(COS(C)(=O)=O)COS(C)(=O)=O.CS(=O)(=O)Cl. The molecular formula is C16H43ClO10S3. The molecule has 0 bridgehead atoms. The van der Waals surface area contributed by atoms with Gasteiger partial charge in [-0.15, -0.1) is 0 Å². The fraction of sp³-hybridized carbons (Fsp3) is 1.00. The molecule has 0 aliphatic heterocycles. The topological polar surface area (TPSA) is 161 Å². The second-order valence-electron chi connectivity index (χ2n) is 7.26. The fourth-order valence-electron chi connectivity index (χ4n) is 0.625. The molecule has 0 spiro atoms. The predicted molar refractivity (Wildman–Crippen MR) is 124 cm³/mol. The van der Waals surface area contributed by atoms with Crippen LogP contribution in [0.25, 0.3) is 0 Å². The third kappa shape index (κ3) is 51.0. The summed E-state index contributed by atoms with van der Waals surface area (Å²) in [5.74, 6) is 0. The van der Waals surface area contributed by atoms with Gasteiger partial charge in [-0.2, -0.15) is 16.8 Å². The van der Waals surface area contributed by atoms with Crippen molar-refractivity contribution in [3.05, 3.63) is 0 Å². The van der Waals surface area contributed by atoms with Crippen LogP contribution in [0.4, 0.5) is 0 Å². The van der Waals surface area contributed by atoms with Crippen LogP contribution in [0.2, 0.25) is 0 Å². The Morgan fingerprint density at radius 3 is 0.967 bits per heavy atom. The van der Waals surface area contributed by atoms with Crippen molar-refractivity contribution in [2.75, 3.05) is 45.2 Å². The zero-order valence-electron chi connectivity index (χ0n) is 16.6. The molecule has 0 fully saturated rings. The second kappa shape index (κ2) is 17.5. The van der Waals surface area contributed by atoms with Gasteiger partial charge in [-0.1, -0.05) is 50.0 Å². The Morgan fingerprint density at radius 2 is 0.867 bits per heavy atom. The van der Waals surface area contributed by atoms with Gasteiger partial charge in [0.2, 0.25) is 9.05 Å². The highest BCUT2D eigenvalue weighted by molar-refractivity contribution is 8.13. The molecule has 0 aromatic heterocycles. The van der Waals surface area contributed by atoms with Crippen LogP contribution in [-0.2, 0) is 37.7 Å². The molecule has 0 amide bonds. The number of rotatable bonds is 8. The van der Waals surface area contributed by atoms with Crippen LogP contribution in [0.15, 0.2) is 0 Å². The molecule has 0 aliphatic carbocycles. The highest BCUT2D eigenvalue weighted by Crippen LogP contribution is 2.17. The molecule has 0 heterocycles. The van der Waals surface area contributed by atoms with E-state index in [4.69, 9.17) is 10.2 Å². The minimum atomic E-state index is -3.52. The maximum absolute atomic E-state index is 10.7. The van der Waals surface area contributed by atoms with Gasteiger partial charge in [-0.25, -0.2) is 8.42 Å². The van der Waals surface area contributed by atoms with Crippen molar-refractivity contribution in [2.45, 2.75) is 50.0 Å². The molecular weight excluding hydrogens is 484 g/mol. The molecule has 0 aliphatic rings. The summed E-state index contributed by atoms with van der Waals surface area (Å²) < 4.78 is 70.7. The molecule has 0 radical (unpaired) electrons. The lowest BCUT2D eigenvalue weighted by Gasteiger charge is -2.22. The van der Waals surface area contributed by atoms with Gasteiger partial charge in [0.05, 0.1) is 45.2 Å². The van der Waals surface area contributed by atoms with Crippen molar-refractivity contribution in [3.8, 4) is 0 Å². The molecule has 0 aromatic carbocycles. The van der Waals surface area contributed by atoms with Crippen molar-refractivity contribution in [1.29, 1.82) is 0 Å². The summed E-state index contributed by atoms with van der Waals surface area (Å²) in [6.45, 7) is 6.72. The molecule has 0 saturated heterocycles. The third-order valence-electron chi connectivity index (χ3n) is 2.18. The first-order valence-corrected chi connectivity index (χ1v) is 13.7. The van der Waals surface area contributed by atoms with Gasteiger partial charge < -0.3 is 10.2 Å². The van der Waals surface area contributed by atoms with E-state index in [1.807, 2.05) is 0 Å². The van der Waals surface area contributed by atoms with Gasteiger partial charge in [0.1, 0.15) is 0 Å². The molecule has 10 nitrogen and oxygen atoms in total. The van der Waals surface area contributed by atoms with Crippen LogP contribution >= 0.6 is 10.7 Å². The van der Waals surface area contributed by atoms with E-state index in [-0.39, 0.29) is 54.1 Å². The van der Waals surface area contributed by atoms with Crippen LogP contribution in [0.3, 0.4) is 0 Å². The van der Waals surface area contributed by atoms with E-state index >= 15 is 0 Å².